The lowest BCUT2D eigenvalue weighted by atomic mass is 9.88. The molecule has 0 spiro atoms. The fourth-order valence-corrected chi connectivity index (χ4v) is 3.86. The zero-order valence-corrected chi connectivity index (χ0v) is 13.2. The first-order valence-corrected chi connectivity index (χ1v) is 8.44. The summed E-state index contributed by atoms with van der Waals surface area (Å²) in [6.45, 7) is 6.65. The van der Waals surface area contributed by atoms with Gasteiger partial charge in [0.05, 0.1) is 6.10 Å². The molecule has 2 rings (SSSR count). The molecule has 19 heavy (non-hydrogen) atoms. The molecule has 0 radical (unpaired) electrons. The lowest BCUT2D eigenvalue weighted by molar-refractivity contribution is -0.0473. The molecular formula is C16H27NOS. The number of rotatable bonds is 5. The monoisotopic (exact) mass is 281 g/mol. The van der Waals surface area contributed by atoms with Crippen molar-refractivity contribution in [2.45, 2.75) is 71.1 Å². The van der Waals surface area contributed by atoms with Crippen LogP contribution in [-0.4, -0.2) is 12.1 Å². The van der Waals surface area contributed by atoms with Gasteiger partial charge in [-0.15, -0.1) is 11.3 Å². The lowest BCUT2D eigenvalue weighted by Gasteiger charge is -2.32. The van der Waals surface area contributed by atoms with E-state index >= 15 is 0 Å². The van der Waals surface area contributed by atoms with E-state index in [4.69, 9.17) is 10.5 Å². The van der Waals surface area contributed by atoms with E-state index in [0.717, 1.165) is 12.3 Å². The highest BCUT2D eigenvalue weighted by molar-refractivity contribution is 7.10. The van der Waals surface area contributed by atoms with Crippen molar-refractivity contribution in [3.05, 3.63) is 21.9 Å². The van der Waals surface area contributed by atoms with Crippen molar-refractivity contribution in [2.24, 2.45) is 11.7 Å². The quantitative estimate of drug-likeness (QED) is 0.866. The number of hydrogen-bond donors (Lipinski definition) is 1. The molecule has 2 nitrogen and oxygen atoms in total. The summed E-state index contributed by atoms with van der Waals surface area (Å²) >= 11 is 1.79. The van der Waals surface area contributed by atoms with Crippen LogP contribution in [0.3, 0.4) is 0 Å². The second-order valence-electron chi connectivity index (χ2n) is 5.98. The molecule has 1 fully saturated rings. The summed E-state index contributed by atoms with van der Waals surface area (Å²) in [6, 6.07) is 2.28. The fourth-order valence-electron chi connectivity index (χ4n) is 2.82. The van der Waals surface area contributed by atoms with Gasteiger partial charge < -0.3 is 10.5 Å². The normalized spacial score (nSPS) is 27.2. The highest BCUT2D eigenvalue weighted by Crippen LogP contribution is 2.34. The fraction of sp³-hybridized carbons (Fsp3) is 0.750. The van der Waals surface area contributed by atoms with Gasteiger partial charge in [-0.05, 0) is 62.0 Å². The van der Waals surface area contributed by atoms with Crippen LogP contribution in [0.25, 0.3) is 0 Å². The van der Waals surface area contributed by atoms with Crippen LogP contribution in [0.5, 0.6) is 0 Å². The lowest BCUT2D eigenvalue weighted by Crippen LogP contribution is -2.33. The van der Waals surface area contributed by atoms with Crippen LogP contribution in [0.4, 0.5) is 0 Å². The first-order valence-electron chi connectivity index (χ1n) is 7.56. The van der Waals surface area contributed by atoms with Crippen LogP contribution in [0.15, 0.2) is 11.4 Å². The Hall–Kier alpha value is -0.380. The van der Waals surface area contributed by atoms with Crippen LogP contribution in [-0.2, 0) is 4.74 Å². The Balaban J connectivity index is 2.04. The average molecular weight is 281 g/mol. The van der Waals surface area contributed by atoms with Gasteiger partial charge in [-0.1, -0.05) is 13.8 Å². The standard InChI is InChI=1S/C16H27NOS/c1-4-14(17)15(16-12(3)9-10-19-16)18-13-7-5-11(2)6-8-13/h9-11,13-15H,4-8,17H2,1-3H3. The first kappa shape index (κ1) is 15.0. The SMILES string of the molecule is CCC(N)C(OC1CCC(C)CC1)c1sccc1C. The van der Waals surface area contributed by atoms with Gasteiger partial charge in [0.1, 0.15) is 6.10 Å². The van der Waals surface area contributed by atoms with Crippen LogP contribution in [0.1, 0.15) is 62.5 Å². The highest BCUT2D eigenvalue weighted by Gasteiger charge is 2.27. The van der Waals surface area contributed by atoms with Crippen molar-refractivity contribution < 1.29 is 4.74 Å². The number of aryl methyl sites for hydroxylation is 1. The molecule has 0 aromatic carbocycles. The predicted octanol–water partition coefficient (Wildman–Crippen LogP) is 4.43. The van der Waals surface area contributed by atoms with Crippen molar-refractivity contribution in [2.75, 3.05) is 0 Å². The van der Waals surface area contributed by atoms with Crippen molar-refractivity contribution in [1.82, 2.24) is 0 Å². The number of thiophene rings is 1. The van der Waals surface area contributed by atoms with Gasteiger partial charge in [0, 0.05) is 10.9 Å². The molecule has 108 valence electrons. The maximum atomic E-state index is 6.40. The average Bonchev–Trinajstić information content (AvgIpc) is 2.83. The Morgan fingerprint density at radius 1 is 1.37 bits per heavy atom. The van der Waals surface area contributed by atoms with E-state index < -0.39 is 0 Å². The van der Waals surface area contributed by atoms with E-state index in [1.54, 1.807) is 11.3 Å². The van der Waals surface area contributed by atoms with Gasteiger partial charge in [0.2, 0.25) is 0 Å². The predicted molar refractivity (Wildman–Crippen MR) is 82.6 cm³/mol. The van der Waals surface area contributed by atoms with Gasteiger partial charge in [-0.2, -0.15) is 0 Å². The summed E-state index contributed by atoms with van der Waals surface area (Å²) in [6.07, 6.45) is 6.43. The Labute approximate surface area is 121 Å². The third kappa shape index (κ3) is 3.80. The number of hydrogen-bond acceptors (Lipinski definition) is 3. The summed E-state index contributed by atoms with van der Waals surface area (Å²) in [4.78, 5) is 1.33. The zero-order chi connectivity index (χ0) is 13.8. The molecular weight excluding hydrogens is 254 g/mol. The van der Waals surface area contributed by atoms with Gasteiger partial charge in [0.15, 0.2) is 0 Å². The summed E-state index contributed by atoms with van der Waals surface area (Å²) in [7, 11) is 0. The molecule has 0 aliphatic heterocycles. The maximum Gasteiger partial charge on any atom is 0.107 e. The third-order valence-corrected chi connectivity index (χ3v) is 5.40. The largest absolute Gasteiger partial charge is 0.368 e. The molecule has 0 bridgehead atoms. The zero-order valence-electron chi connectivity index (χ0n) is 12.4. The minimum absolute atomic E-state index is 0.0865. The Morgan fingerprint density at radius 3 is 2.58 bits per heavy atom. The van der Waals surface area contributed by atoms with Crippen molar-refractivity contribution in [3.8, 4) is 0 Å². The summed E-state index contributed by atoms with van der Waals surface area (Å²) in [5.74, 6) is 0.863. The molecule has 1 aromatic rings. The molecule has 2 atom stereocenters. The van der Waals surface area contributed by atoms with E-state index in [1.165, 1.54) is 36.1 Å². The second kappa shape index (κ2) is 6.87. The van der Waals surface area contributed by atoms with Crippen molar-refractivity contribution >= 4 is 11.3 Å². The molecule has 1 aliphatic rings. The van der Waals surface area contributed by atoms with Crippen LogP contribution in [0.2, 0.25) is 0 Å². The summed E-state index contributed by atoms with van der Waals surface area (Å²) in [5, 5.41) is 2.15. The van der Waals surface area contributed by atoms with E-state index in [2.05, 4.69) is 32.2 Å². The van der Waals surface area contributed by atoms with E-state index in [-0.39, 0.29) is 12.1 Å². The molecule has 3 heteroatoms. The first-order chi connectivity index (χ1) is 9.11. The Bertz CT molecular complexity index is 382. The van der Waals surface area contributed by atoms with E-state index in [0.29, 0.717) is 6.10 Å². The minimum Gasteiger partial charge on any atom is -0.368 e. The van der Waals surface area contributed by atoms with Crippen LogP contribution in [0, 0.1) is 12.8 Å². The molecule has 0 amide bonds. The molecule has 1 heterocycles. The van der Waals surface area contributed by atoms with Gasteiger partial charge in [0.25, 0.3) is 0 Å². The molecule has 1 aromatic heterocycles. The molecule has 2 unspecified atom stereocenters. The number of ether oxygens (including phenoxy) is 1. The summed E-state index contributed by atoms with van der Waals surface area (Å²) in [5.41, 5.74) is 7.63. The summed E-state index contributed by atoms with van der Waals surface area (Å²) < 4.78 is 6.40. The molecule has 2 N–H and O–H groups in total. The van der Waals surface area contributed by atoms with E-state index in [9.17, 15) is 0 Å². The highest BCUT2D eigenvalue weighted by atomic mass is 32.1. The van der Waals surface area contributed by atoms with Gasteiger partial charge >= 0.3 is 0 Å². The molecule has 1 saturated carbocycles. The molecule has 1 aliphatic carbocycles. The van der Waals surface area contributed by atoms with Gasteiger partial charge in [-0.25, -0.2) is 0 Å². The Morgan fingerprint density at radius 2 is 2.05 bits per heavy atom. The van der Waals surface area contributed by atoms with Crippen LogP contribution >= 0.6 is 11.3 Å². The van der Waals surface area contributed by atoms with Crippen molar-refractivity contribution in [1.29, 1.82) is 0 Å². The smallest absolute Gasteiger partial charge is 0.107 e. The minimum atomic E-state index is 0.0865. The topological polar surface area (TPSA) is 35.2 Å². The van der Waals surface area contributed by atoms with Crippen LogP contribution < -0.4 is 5.73 Å². The third-order valence-electron chi connectivity index (χ3n) is 4.32. The van der Waals surface area contributed by atoms with E-state index in [1.807, 2.05) is 0 Å². The second-order valence-corrected chi connectivity index (χ2v) is 6.93. The number of nitrogens with two attached hydrogens (primary N) is 1. The van der Waals surface area contributed by atoms with Gasteiger partial charge in [-0.3, -0.25) is 0 Å². The maximum absolute atomic E-state index is 6.40. The van der Waals surface area contributed by atoms with Crippen molar-refractivity contribution in [3.63, 3.8) is 0 Å². The molecule has 0 saturated heterocycles. The Kier molecular flexibility index (Phi) is 5.43.